The van der Waals surface area contributed by atoms with Gasteiger partial charge in [0.25, 0.3) is 0 Å². The van der Waals surface area contributed by atoms with E-state index in [1.807, 2.05) is 60.7 Å². The summed E-state index contributed by atoms with van der Waals surface area (Å²) >= 11 is 0. The quantitative estimate of drug-likeness (QED) is 0.461. The van der Waals surface area contributed by atoms with Crippen LogP contribution in [0.1, 0.15) is 12.0 Å². The summed E-state index contributed by atoms with van der Waals surface area (Å²) in [6, 6.07) is 19.4. The molecule has 0 fully saturated rings. The zero-order valence-corrected chi connectivity index (χ0v) is 11.2. The van der Waals surface area contributed by atoms with Crippen LogP contribution in [-0.2, 0) is 16.1 Å². The zero-order valence-electron chi connectivity index (χ0n) is 11.2. The molecular formula is C16H18N2O2. The summed E-state index contributed by atoms with van der Waals surface area (Å²) in [7, 11) is 0. The number of para-hydroxylation sites is 1. The lowest BCUT2D eigenvalue weighted by molar-refractivity contribution is -0.144. The van der Waals surface area contributed by atoms with Crippen molar-refractivity contribution >= 4 is 11.7 Å². The molecule has 0 spiro atoms. The van der Waals surface area contributed by atoms with Crippen molar-refractivity contribution in [2.75, 3.05) is 12.0 Å². The molecule has 4 heteroatoms. The molecule has 0 amide bonds. The van der Waals surface area contributed by atoms with Crippen LogP contribution < -0.4 is 10.9 Å². The van der Waals surface area contributed by atoms with Gasteiger partial charge in [-0.2, -0.15) is 0 Å². The first-order chi connectivity index (χ1) is 9.84. The van der Waals surface area contributed by atoms with Gasteiger partial charge in [0, 0.05) is 12.2 Å². The molecule has 0 bridgehead atoms. The van der Waals surface area contributed by atoms with Crippen LogP contribution in [0, 0.1) is 0 Å². The molecular weight excluding hydrogens is 252 g/mol. The number of anilines is 1. The van der Waals surface area contributed by atoms with Gasteiger partial charge in [0.05, 0.1) is 6.42 Å². The molecule has 0 radical (unpaired) electrons. The molecule has 0 atom stereocenters. The number of hydrogen-bond donors (Lipinski definition) is 2. The summed E-state index contributed by atoms with van der Waals surface area (Å²) in [5.74, 6) is -0.212. The Bertz CT molecular complexity index is 515. The van der Waals surface area contributed by atoms with Crippen molar-refractivity contribution in [3.63, 3.8) is 0 Å². The molecule has 4 nitrogen and oxygen atoms in total. The third kappa shape index (κ3) is 5.12. The van der Waals surface area contributed by atoms with Gasteiger partial charge in [-0.15, -0.1) is 0 Å². The van der Waals surface area contributed by atoms with Crippen molar-refractivity contribution in [2.45, 2.75) is 13.0 Å². The molecule has 2 rings (SSSR count). The number of ether oxygens (including phenoxy) is 1. The van der Waals surface area contributed by atoms with E-state index in [9.17, 15) is 4.79 Å². The molecule has 0 aromatic heterocycles. The number of benzene rings is 2. The van der Waals surface area contributed by atoms with Crippen molar-refractivity contribution in [1.82, 2.24) is 5.43 Å². The average Bonchev–Trinajstić information content (AvgIpc) is 2.52. The predicted molar refractivity (Wildman–Crippen MR) is 78.9 cm³/mol. The van der Waals surface area contributed by atoms with Gasteiger partial charge in [0.2, 0.25) is 0 Å². The molecule has 104 valence electrons. The molecule has 0 saturated heterocycles. The predicted octanol–water partition coefficient (Wildman–Crippen LogP) is 2.74. The van der Waals surface area contributed by atoms with Crippen molar-refractivity contribution in [1.29, 1.82) is 0 Å². The van der Waals surface area contributed by atoms with E-state index >= 15 is 0 Å². The fourth-order valence-electron chi connectivity index (χ4n) is 1.66. The van der Waals surface area contributed by atoms with Crippen LogP contribution in [-0.4, -0.2) is 12.5 Å². The van der Waals surface area contributed by atoms with Gasteiger partial charge in [-0.25, -0.2) is 5.43 Å². The van der Waals surface area contributed by atoms with E-state index < -0.39 is 0 Å². The van der Waals surface area contributed by atoms with Gasteiger partial charge in [-0.05, 0) is 17.7 Å². The Balaban J connectivity index is 1.59. The molecule has 2 aromatic carbocycles. The number of rotatable bonds is 7. The second-order valence-corrected chi connectivity index (χ2v) is 4.31. The van der Waals surface area contributed by atoms with Gasteiger partial charge in [-0.3, -0.25) is 4.79 Å². The van der Waals surface area contributed by atoms with Crippen molar-refractivity contribution < 1.29 is 9.53 Å². The average molecular weight is 270 g/mol. The summed E-state index contributed by atoms with van der Waals surface area (Å²) in [4.78, 5) is 11.5. The Hall–Kier alpha value is -2.33. The molecule has 2 aromatic rings. The first-order valence-corrected chi connectivity index (χ1v) is 6.58. The highest BCUT2D eigenvalue weighted by atomic mass is 16.5. The van der Waals surface area contributed by atoms with E-state index in [1.54, 1.807) is 0 Å². The molecule has 0 aliphatic rings. The van der Waals surface area contributed by atoms with Crippen molar-refractivity contribution in [2.24, 2.45) is 0 Å². The number of carbonyl (C=O) groups is 1. The lowest BCUT2D eigenvalue weighted by Crippen LogP contribution is -2.25. The molecule has 0 heterocycles. The van der Waals surface area contributed by atoms with Crippen LogP contribution in [0.15, 0.2) is 60.7 Å². The number of esters is 1. The minimum absolute atomic E-state index is 0.212. The highest BCUT2D eigenvalue weighted by molar-refractivity contribution is 5.69. The third-order valence-electron chi connectivity index (χ3n) is 2.70. The molecule has 20 heavy (non-hydrogen) atoms. The van der Waals surface area contributed by atoms with E-state index in [0.717, 1.165) is 11.3 Å². The summed E-state index contributed by atoms with van der Waals surface area (Å²) in [5, 5.41) is 0. The molecule has 0 unspecified atom stereocenters. The molecule has 2 N–H and O–H groups in total. The number of carbonyl (C=O) groups excluding carboxylic acids is 1. The summed E-state index contributed by atoms with van der Waals surface area (Å²) in [5.41, 5.74) is 7.96. The molecule has 0 aliphatic heterocycles. The van der Waals surface area contributed by atoms with E-state index in [4.69, 9.17) is 4.74 Å². The van der Waals surface area contributed by atoms with Crippen molar-refractivity contribution in [3.05, 3.63) is 66.2 Å². The minimum atomic E-state index is -0.212. The normalized spacial score (nSPS) is 10.0. The highest BCUT2D eigenvalue weighted by Crippen LogP contribution is 2.03. The lowest BCUT2D eigenvalue weighted by atomic mass is 10.2. The zero-order chi connectivity index (χ0) is 14.0. The van der Waals surface area contributed by atoms with E-state index in [-0.39, 0.29) is 5.97 Å². The first kappa shape index (κ1) is 14.1. The van der Waals surface area contributed by atoms with Crippen LogP contribution in [0.3, 0.4) is 0 Å². The second kappa shape index (κ2) is 7.96. The largest absolute Gasteiger partial charge is 0.461 e. The lowest BCUT2D eigenvalue weighted by Gasteiger charge is -2.08. The van der Waals surface area contributed by atoms with Crippen LogP contribution in [0.2, 0.25) is 0 Å². The summed E-state index contributed by atoms with van der Waals surface area (Å²) in [6.45, 7) is 0.842. The van der Waals surface area contributed by atoms with Crippen molar-refractivity contribution in [3.8, 4) is 0 Å². The van der Waals surface area contributed by atoms with Crippen LogP contribution >= 0.6 is 0 Å². The van der Waals surface area contributed by atoms with E-state index in [0.29, 0.717) is 19.6 Å². The number of hydrazine groups is 1. The fraction of sp³-hybridized carbons (Fsp3) is 0.188. The van der Waals surface area contributed by atoms with E-state index in [1.165, 1.54) is 0 Å². The maximum atomic E-state index is 11.5. The number of hydrogen-bond acceptors (Lipinski definition) is 4. The van der Waals surface area contributed by atoms with Gasteiger partial charge >= 0.3 is 5.97 Å². The topological polar surface area (TPSA) is 50.4 Å². The Morgan fingerprint density at radius 1 is 0.950 bits per heavy atom. The van der Waals surface area contributed by atoms with Gasteiger partial charge in [0.1, 0.15) is 6.61 Å². The highest BCUT2D eigenvalue weighted by Gasteiger charge is 2.02. The van der Waals surface area contributed by atoms with Crippen LogP contribution in [0.4, 0.5) is 5.69 Å². The Labute approximate surface area is 118 Å². The van der Waals surface area contributed by atoms with Gasteiger partial charge in [0.15, 0.2) is 0 Å². The fourth-order valence-corrected chi connectivity index (χ4v) is 1.66. The smallest absolute Gasteiger partial charge is 0.307 e. The van der Waals surface area contributed by atoms with Gasteiger partial charge in [-0.1, -0.05) is 48.5 Å². The standard InChI is InChI=1S/C16H18N2O2/c19-16(20-13-14-7-3-1-4-8-14)11-12-17-18-15-9-5-2-6-10-15/h1-10,17-18H,11-13H2. The maximum absolute atomic E-state index is 11.5. The first-order valence-electron chi connectivity index (χ1n) is 6.58. The SMILES string of the molecule is O=C(CCNNc1ccccc1)OCc1ccccc1. The third-order valence-corrected chi connectivity index (χ3v) is 2.70. The van der Waals surface area contributed by atoms with Crippen LogP contribution in [0.25, 0.3) is 0 Å². The molecule has 0 aliphatic carbocycles. The Kier molecular flexibility index (Phi) is 5.61. The molecule has 0 saturated carbocycles. The van der Waals surface area contributed by atoms with E-state index in [2.05, 4.69) is 10.9 Å². The Morgan fingerprint density at radius 2 is 1.60 bits per heavy atom. The second-order valence-electron chi connectivity index (χ2n) is 4.31. The Morgan fingerprint density at radius 3 is 2.30 bits per heavy atom. The summed E-state index contributed by atoms with van der Waals surface area (Å²) < 4.78 is 5.17. The minimum Gasteiger partial charge on any atom is -0.461 e. The monoisotopic (exact) mass is 270 g/mol. The van der Waals surface area contributed by atoms with Gasteiger partial charge < -0.3 is 10.2 Å². The van der Waals surface area contributed by atoms with Crippen LogP contribution in [0.5, 0.6) is 0 Å². The summed E-state index contributed by atoms with van der Waals surface area (Å²) in [6.07, 6.45) is 0.326. The maximum Gasteiger partial charge on any atom is 0.307 e. The number of nitrogens with one attached hydrogen (secondary N) is 2.